The smallest absolute Gasteiger partial charge is 0.138 e. The molecule has 6 heteroatoms. The number of fused-ring (bicyclic) bond motifs is 1. The van der Waals surface area contributed by atoms with E-state index in [-0.39, 0.29) is 0 Å². The fourth-order valence-corrected chi connectivity index (χ4v) is 3.15. The van der Waals surface area contributed by atoms with Gasteiger partial charge in [0, 0.05) is 30.1 Å². The van der Waals surface area contributed by atoms with E-state index in [1.54, 1.807) is 6.33 Å². The van der Waals surface area contributed by atoms with Gasteiger partial charge in [0.25, 0.3) is 0 Å². The van der Waals surface area contributed by atoms with Gasteiger partial charge < -0.3 is 5.32 Å². The van der Waals surface area contributed by atoms with E-state index < -0.39 is 0 Å². The van der Waals surface area contributed by atoms with Crippen LogP contribution in [0.4, 0.5) is 0 Å². The van der Waals surface area contributed by atoms with Crippen LogP contribution < -0.4 is 5.32 Å². The van der Waals surface area contributed by atoms with Gasteiger partial charge in [-0.3, -0.25) is 5.10 Å². The molecule has 0 aliphatic carbocycles. The average molecular weight is 308 g/mol. The molecule has 118 valence electrons. The van der Waals surface area contributed by atoms with Crippen LogP contribution in [0, 0.1) is 6.92 Å². The number of hydrogen-bond donors (Lipinski definition) is 2. The third kappa shape index (κ3) is 2.90. The van der Waals surface area contributed by atoms with Gasteiger partial charge in [0.2, 0.25) is 0 Å². The summed E-state index contributed by atoms with van der Waals surface area (Å²) < 4.78 is 2.00. The lowest BCUT2D eigenvalue weighted by atomic mass is 10.0. The van der Waals surface area contributed by atoms with Gasteiger partial charge in [-0.25, -0.2) is 9.67 Å². The van der Waals surface area contributed by atoms with Crippen LogP contribution in [0.2, 0.25) is 0 Å². The second-order valence-electron chi connectivity index (χ2n) is 6.11. The van der Waals surface area contributed by atoms with Crippen molar-refractivity contribution < 1.29 is 0 Å². The second-order valence-corrected chi connectivity index (χ2v) is 6.11. The summed E-state index contributed by atoms with van der Waals surface area (Å²) in [5.74, 6) is 1.09. The van der Waals surface area contributed by atoms with Gasteiger partial charge in [0.1, 0.15) is 12.2 Å². The van der Waals surface area contributed by atoms with Crippen LogP contribution in [0.25, 0.3) is 11.3 Å². The number of aryl methyl sites for hydroxylation is 2. The molecule has 0 amide bonds. The number of hydrogen-bond acceptors (Lipinski definition) is 4. The molecule has 23 heavy (non-hydrogen) atoms. The molecule has 0 bridgehead atoms. The molecule has 1 atom stereocenters. The first-order valence-corrected chi connectivity index (χ1v) is 7.99. The van der Waals surface area contributed by atoms with Crippen molar-refractivity contribution in [1.29, 1.82) is 0 Å². The molecule has 0 radical (unpaired) electrons. The Morgan fingerprint density at radius 2 is 2.35 bits per heavy atom. The SMILES string of the molecule is Cc1cccc(-c2[nH]ncc2CNC2CCc3ncnn3C2)c1. The fourth-order valence-electron chi connectivity index (χ4n) is 3.15. The minimum Gasteiger partial charge on any atom is -0.308 e. The Morgan fingerprint density at radius 3 is 3.26 bits per heavy atom. The molecule has 6 nitrogen and oxygen atoms in total. The molecule has 0 fully saturated rings. The first-order chi connectivity index (χ1) is 11.3. The van der Waals surface area contributed by atoms with Crippen molar-refractivity contribution in [1.82, 2.24) is 30.3 Å². The molecular weight excluding hydrogens is 288 g/mol. The highest BCUT2D eigenvalue weighted by atomic mass is 15.3. The van der Waals surface area contributed by atoms with Gasteiger partial charge in [-0.15, -0.1) is 0 Å². The van der Waals surface area contributed by atoms with E-state index >= 15 is 0 Å². The number of benzene rings is 1. The molecule has 3 aromatic rings. The number of nitrogens with one attached hydrogen (secondary N) is 2. The second kappa shape index (κ2) is 5.96. The van der Waals surface area contributed by atoms with Gasteiger partial charge in [-0.1, -0.05) is 23.8 Å². The van der Waals surface area contributed by atoms with Crippen LogP contribution in [0.1, 0.15) is 23.4 Å². The summed E-state index contributed by atoms with van der Waals surface area (Å²) in [7, 11) is 0. The summed E-state index contributed by atoms with van der Waals surface area (Å²) in [5, 5.41) is 15.3. The number of H-pyrrole nitrogens is 1. The first kappa shape index (κ1) is 14.1. The topological polar surface area (TPSA) is 71.4 Å². The standard InChI is InChI=1S/C17H20N6/c1-12-3-2-4-13(7-12)17-14(9-20-22-17)8-18-15-5-6-16-19-11-21-23(16)10-15/h2-4,7,9,11,15,18H,5-6,8,10H2,1H3,(H,20,22). The summed E-state index contributed by atoms with van der Waals surface area (Å²) in [6.07, 6.45) is 5.63. The molecule has 2 N–H and O–H groups in total. The number of nitrogens with zero attached hydrogens (tertiary/aromatic N) is 4. The summed E-state index contributed by atoms with van der Waals surface area (Å²) >= 11 is 0. The third-order valence-corrected chi connectivity index (χ3v) is 4.41. The Labute approximate surface area is 135 Å². The van der Waals surface area contributed by atoms with Crippen LogP contribution in [0.5, 0.6) is 0 Å². The molecule has 0 spiro atoms. The zero-order valence-corrected chi connectivity index (χ0v) is 13.2. The van der Waals surface area contributed by atoms with Crippen molar-refractivity contribution in [3.8, 4) is 11.3 Å². The Morgan fingerprint density at radius 1 is 1.39 bits per heavy atom. The van der Waals surface area contributed by atoms with Crippen LogP contribution in [-0.4, -0.2) is 31.0 Å². The van der Waals surface area contributed by atoms with E-state index in [1.807, 2.05) is 10.9 Å². The predicted octanol–water partition coefficient (Wildman–Crippen LogP) is 2.08. The summed E-state index contributed by atoms with van der Waals surface area (Å²) in [6, 6.07) is 8.90. The Bertz CT molecular complexity index is 803. The largest absolute Gasteiger partial charge is 0.308 e. The normalized spacial score (nSPS) is 17.2. The highest BCUT2D eigenvalue weighted by Crippen LogP contribution is 2.22. The summed E-state index contributed by atoms with van der Waals surface area (Å²) in [5.41, 5.74) is 4.72. The van der Waals surface area contributed by atoms with Crippen molar-refractivity contribution in [3.05, 3.63) is 53.7 Å². The van der Waals surface area contributed by atoms with Gasteiger partial charge in [0.05, 0.1) is 18.4 Å². The molecule has 0 saturated carbocycles. The number of aromatic nitrogens is 5. The molecule has 1 aromatic carbocycles. The summed E-state index contributed by atoms with van der Waals surface area (Å²) in [4.78, 5) is 4.27. The quantitative estimate of drug-likeness (QED) is 0.774. The van der Waals surface area contributed by atoms with E-state index in [2.05, 4.69) is 56.8 Å². The minimum absolute atomic E-state index is 0.421. The van der Waals surface area contributed by atoms with Crippen molar-refractivity contribution in [3.63, 3.8) is 0 Å². The van der Waals surface area contributed by atoms with Crippen molar-refractivity contribution in [2.75, 3.05) is 0 Å². The van der Waals surface area contributed by atoms with Crippen molar-refractivity contribution >= 4 is 0 Å². The van der Waals surface area contributed by atoms with Gasteiger partial charge in [-0.2, -0.15) is 10.2 Å². The van der Waals surface area contributed by atoms with Crippen molar-refractivity contribution in [2.45, 2.75) is 38.9 Å². The Kier molecular flexibility index (Phi) is 3.67. The monoisotopic (exact) mass is 308 g/mol. The van der Waals surface area contributed by atoms with E-state index in [0.717, 1.165) is 37.4 Å². The molecule has 1 aliphatic heterocycles. The zero-order chi connectivity index (χ0) is 15.6. The van der Waals surface area contributed by atoms with E-state index in [4.69, 9.17) is 0 Å². The van der Waals surface area contributed by atoms with Crippen LogP contribution in [0.15, 0.2) is 36.8 Å². The van der Waals surface area contributed by atoms with Gasteiger partial charge in [0.15, 0.2) is 0 Å². The molecule has 3 heterocycles. The van der Waals surface area contributed by atoms with Crippen molar-refractivity contribution in [2.24, 2.45) is 0 Å². The van der Waals surface area contributed by atoms with E-state index in [9.17, 15) is 0 Å². The van der Waals surface area contributed by atoms with E-state index in [1.165, 1.54) is 16.7 Å². The van der Waals surface area contributed by atoms with E-state index in [0.29, 0.717) is 6.04 Å². The first-order valence-electron chi connectivity index (χ1n) is 7.99. The maximum atomic E-state index is 4.27. The molecule has 1 unspecified atom stereocenters. The zero-order valence-electron chi connectivity index (χ0n) is 13.2. The summed E-state index contributed by atoms with van der Waals surface area (Å²) in [6.45, 7) is 3.79. The van der Waals surface area contributed by atoms with Crippen LogP contribution in [-0.2, 0) is 19.5 Å². The molecule has 4 rings (SSSR count). The number of rotatable bonds is 4. The maximum absolute atomic E-state index is 4.27. The third-order valence-electron chi connectivity index (χ3n) is 4.41. The highest BCUT2D eigenvalue weighted by molar-refractivity contribution is 5.63. The lowest BCUT2D eigenvalue weighted by Crippen LogP contribution is -2.37. The lowest BCUT2D eigenvalue weighted by molar-refractivity contribution is 0.358. The molecule has 2 aromatic heterocycles. The molecule has 0 saturated heterocycles. The van der Waals surface area contributed by atoms with Gasteiger partial charge in [-0.05, 0) is 19.4 Å². The van der Waals surface area contributed by atoms with Crippen LogP contribution in [0.3, 0.4) is 0 Å². The Hall–Kier alpha value is -2.47. The Balaban J connectivity index is 1.46. The predicted molar refractivity (Wildman–Crippen MR) is 87.7 cm³/mol. The fraction of sp³-hybridized carbons (Fsp3) is 0.353. The average Bonchev–Trinajstić information content (AvgIpc) is 3.21. The number of aromatic amines is 1. The maximum Gasteiger partial charge on any atom is 0.138 e. The highest BCUT2D eigenvalue weighted by Gasteiger charge is 2.19. The lowest BCUT2D eigenvalue weighted by Gasteiger charge is -2.23. The minimum atomic E-state index is 0.421. The molecule has 1 aliphatic rings. The molecular formula is C17H20N6. The van der Waals surface area contributed by atoms with Crippen LogP contribution >= 0.6 is 0 Å². The van der Waals surface area contributed by atoms with Gasteiger partial charge >= 0.3 is 0 Å².